The molecule has 0 fully saturated rings. The molecule has 0 spiro atoms. The molecule has 2 aromatic heterocycles. The van der Waals surface area contributed by atoms with E-state index in [1.54, 1.807) is 54.3 Å². The van der Waals surface area contributed by atoms with Crippen LogP contribution in [0.2, 0.25) is 0 Å². The zero-order valence-electron chi connectivity index (χ0n) is 13.3. The monoisotopic (exact) mass is 357 g/mol. The average molecular weight is 357 g/mol. The van der Waals surface area contributed by atoms with Crippen molar-refractivity contribution in [3.05, 3.63) is 48.2 Å². The Kier molecular flexibility index (Phi) is 4.85. The van der Waals surface area contributed by atoms with Crippen LogP contribution in [-0.2, 0) is 11.8 Å². The fraction of sp³-hybridized carbons (Fsp3) is 0.125. The van der Waals surface area contributed by atoms with E-state index in [2.05, 4.69) is 15.5 Å². The molecule has 0 saturated carbocycles. The molecule has 25 heavy (non-hydrogen) atoms. The Hall–Kier alpha value is -3.07. The zero-order chi connectivity index (χ0) is 17.8. The number of rotatable bonds is 6. The maximum absolute atomic E-state index is 12.1. The standard InChI is InChI=1S/C16H15N5O3S/c1-21-15(12-7-4-8-24-12)19-20-16(21)25-9-13(22)18-11-6-3-2-5-10(11)14(17)23/h2-8H,9H2,1H3,(H2,17,23)(H,18,22). The van der Waals surface area contributed by atoms with Gasteiger partial charge >= 0.3 is 0 Å². The minimum Gasteiger partial charge on any atom is -0.461 e. The Morgan fingerprint density at radius 1 is 1.24 bits per heavy atom. The van der Waals surface area contributed by atoms with Gasteiger partial charge in [0.15, 0.2) is 16.7 Å². The Balaban J connectivity index is 1.65. The highest BCUT2D eigenvalue weighted by Gasteiger charge is 2.15. The zero-order valence-corrected chi connectivity index (χ0v) is 14.1. The van der Waals surface area contributed by atoms with Crippen molar-refractivity contribution in [2.24, 2.45) is 12.8 Å². The Bertz CT molecular complexity index is 904. The number of primary amides is 1. The SMILES string of the molecule is Cn1c(SCC(=O)Nc2ccccc2C(N)=O)nnc1-c1ccco1. The number of amides is 2. The highest BCUT2D eigenvalue weighted by molar-refractivity contribution is 7.99. The summed E-state index contributed by atoms with van der Waals surface area (Å²) in [6, 6.07) is 10.1. The van der Waals surface area contributed by atoms with E-state index in [1.165, 1.54) is 11.8 Å². The fourth-order valence-electron chi connectivity index (χ4n) is 2.18. The summed E-state index contributed by atoms with van der Waals surface area (Å²) in [7, 11) is 1.79. The summed E-state index contributed by atoms with van der Waals surface area (Å²) in [4.78, 5) is 23.5. The summed E-state index contributed by atoms with van der Waals surface area (Å²) in [5.41, 5.74) is 5.95. The van der Waals surface area contributed by atoms with Gasteiger partial charge in [0.25, 0.3) is 5.91 Å². The summed E-state index contributed by atoms with van der Waals surface area (Å²) in [6.45, 7) is 0. The lowest BCUT2D eigenvalue weighted by Crippen LogP contribution is -2.19. The lowest BCUT2D eigenvalue weighted by molar-refractivity contribution is -0.113. The van der Waals surface area contributed by atoms with Crippen molar-refractivity contribution in [3.8, 4) is 11.6 Å². The van der Waals surface area contributed by atoms with Crippen molar-refractivity contribution in [3.63, 3.8) is 0 Å². The second-order valence-electron chi connectivity index (χ2n) is 5.09. The maximum atomic E-state index is 12.1. The molecule has 0 radical (unpaired) electrons. The number of thioether (sulfide) groups is 1. The molecule has 3 rings (SSSR count). The third-order valence-corrected chi connectivity index (χ3v) is 4.40. The molecule has 0 unspecified atom stereocenters. The van der Waals surface area contributed by atoms with Crippen molar-refractivity contribution < 1.29 is 14.0 Å². The number of para-hydroxylation sites is 1. The topological polar surface area (TPSA) is 116 Å². The van der Waals surface area contributed by atoms with Gasteiger partial charge in [-0.2, -0.15) is 0 Å². The molecule has 128 valence electrons. The number of nitrogens with zero attached hydrogens (tertiary/aromatic N) is 3. The molecule has 9 heteroatoms. The van der Waals surface area contributed by atoms with Crippen molar-refractivity contribution >= 4 is 29.3 Å². The van der Waals surface area contributed by atoms with E-state index in [0.29, 0.717) is 22.4 Å². The predicted molar refractivity (Wildman–Crippen MR) is 93.0 cm³/mol. The highest BCUT2D eigenvalue weighted by Crippen LogP contribution is 2.23. The molecule has 0 aliphatic rings. The average Bonchev–Trinajstić information content (AvgIpc) is 3.23. The van der Waals surface area contributed by atoms with Crippen LogP contribution < -0.4 is 11.1 Å². The van der Waals surface area contributed by atoms with Crippen LogP contribution in [0, 0.1) is 0 Å². The van der Waals surface area contributed by atoms with Gasteiger partial charge in [0, 0.05) is 7.05 Å². The number of benzene rings is 1. The van der Waals surface area contributed by atoms with Gasteiger partial charge in [0.05, 0.1) is 23.3 Å². The summed E-state index contributed by atoms with van der Waals surface area (Å²) >= 11 is 1.23. The largest absolute Gasteiger partial charge is 0.461 e. The number of aromatic nitrogens is 3. The molecule has 3 aromatic rings. The van der Waals surface area contributed by atoms with Gasteiger partial charge in [-0.25, -0.2) is 0 Å². The third kappa shape index (κ3) is 3.72. The molecule has 0 bridgehead atoms. The van der Waals surface area contributed by atoms with Gasteiger partial charge in [-0.05, 0) is 24.3 Å². The fourth-order valence-corrected chi connectivity index (χ4v) is 2.90. The molecule has 3 N–H and O–H groups in total. The summed E-state index contributed by atoms with van der Waals surface area (Å²) in [5.74, 6) is 0.409. The van der Waals surface area contributed by atoms with E-state index < -0.39 is 5.91 Å². The number of anilines is 1. The van der Waals surface area contributed by atoms with Crippen molar-refractivity contribution in [1.82, 2.24) is 14.8 Å². The van der Waals surface area contributed by atoms with Crippen LogP contribution in [0.3, 0.4) is 0 Å². The number of furan rings is 1. The van der Waals surface area contributed by atoms with Crippen LogP contribution in [0.5, 0.6) is 0 Å². The van der Waals surface area contributed by atoms with E-state index in [4.69, 9.17) is 10.2 Å². The molecular formula is C16H15N5O3S. The number of hydrogen-bond acceptors (Lipinski definition) is 6. The second-order valence-corrected chi connectivity index (χ2v) is 6.03. The maximum Gasteiger partial charge on any atom is 0.250 e. The lowest BCUT2D eigenvalue weighted by Gasteiger charge is -2.08. The van der Waals surface area contributed by atoms with Crippen molar-refractivity contribution in [2.45, 2.75) is 5.16 Å². The highest BCUT2D eigenvalue weighted by atomic mass is 32.2. The smallest absolute Gasteiger partial charge is 0.250 e. The van der Waals surface area contributed by atoms with E-state index in [0.717, 1.165) is 0 Å². The van der Waals surface area contributed by atoms with Crippen molar-refractivity contribution in [1.29, 1.82) is 0 Å². The van der Waals surface area contributed by atoms with Gasteiger partial charge in [-0.3, -0.25) is 9.59 Å². The first-order chi connectivity index (χ1) is 12.1. The Labute approximate surface area is 147 Å². The van der Waals surface area contributed by atoms with E-state index in [1.807, 2.05) is 0 Å². The molecule has 2 amide bonds. The van der Waals surface area contributed by atoms with Gasteiger partial charge < -0.3 is 20.0 Å². The first-order valence-electron chi connectivity index (χ1n) is 7.31. The third-order valence-electron chi connectivity index (χ3n) is 3.38. The van der Waals surface area contributed by atoms with Crippen LogP contribution in [0.1, 0.15) is 10.4 Å². The van der Waals surface area contributed by atoms with Gasteiger partial charge in [0.1, 0.15) is 0 Å². The minimum atomic E-state index is -0.597. The van der Waals surface area contributed by atoms with Crippen LogP contribution >= 0.6 is 11.8 Å². The quantitative estimate of drug-likeness (QED) is 0.651. The van der Waals surface area contributed by atoms with Crippen molar-refractivity contribution in [2.75, 3.05) is 11.1 Å². The first kappa shape index (κ1) is 16.8. The number of hydrogen-bond donors (Lipinski definition) is 2. The van der Waals surface area contributed by atoms with Gasteiger partial charge in [-0.1, -0.05) is 23.9 Å². The molecule has 8 nitrogen and oxygen atoms in total. The molecule has 1 aromatic carbocycles. The lowest BCUT2D eigenvalue weighted by atomic mass is 10.1. The molecule has 2 heterocycles. The molecule has 0 saturated heterocycles. The molecule has 0 atom stereocenters. The van der Waals surface area contributed by atoms with E-state index >= 15 is 0 Å². The Morgan fingerprint density at radius 3 is 2.76 bits per heavy atom. The van der Waals surface area contributed by atoms with Gasteiger partial charge in [0.2, 0.25) is 5.91 Å². The molecule has 0 aliphatic heterocycles. The van der Waals surface area contributed by atoms with Crippen LogP contribution in [-0.4, -0.2) is 32.3 Å². The van der Waals surface area contributed by atoms with Crippen LogP contribution in [0.4, 0.5) is 5.69 Å². The Morgan fingerprint density at radius 2 is 2.04 bits per heavy atom. The summed E-state index contributed by atoms with van der Waals surface area (Å²) < 4.78 is 7.04. The minimum absolute atomic E-state index is 0.108. The van der Waals surface area contributed by atoms with E-state index in [9.17, 15) is 9.59 Å². The van der Waals surface area contributed by atoms with Gasteiger partial charge in [-0.15, -0.1) is 10.2 Å². The normalized spacial score (nSPS) is 10.6. The number of nitrogens with two attached hydrogens (primary N) is 1. The molecular weight excluding hydrogens is 342 g/mol. The predicted octanol–water partition coefficient (Wildman–Crippen LogP) is 1.90. The molecule has 0 aliphatic carbocycles. The number of carbonyl (C=O) groups is 2. The number of nitrogens with one attached hydrogen (secondary N) is 1. The van der Waals surface area contributed by atoms with Crippen LogP contribution in [0.15, 0.2) is 52.2 Å². The summed E-state index contributed by atoms with van der Waals surface area (Å²) in [5, 5.41) is 11.4. The number of carbonyl (C=O) groups excluding carboxylic acids is 2. The summed E-state index contributed by atoms with van der Waals surface area (Å²) in [6.07, 6.45) is 1.56. The van der Waals surface area contributed by atoms with E-state index in [-0.39, 0.29) is 17.2 Å². The second kappa shape index (κ2) is 7.22. The van der Waals surface area contributed by atoms with Crippen LogP contribution in [0.25, 0.3) is 11.6 Å². The first-order valence-corrected chi connectivity index (χ1v) is 8.29.